The normalized spacial score (nSPS) is 13.3. The first kappa shape index (κ1) is 25.8. The quantitative estimate of drug-likeness (QED) is 0.208. The molecule has 0 saturated carbocycles. The van der Waals surface area contributed by atoms with Gasteiger partial charge in [0.05, 0.1) is 0 Å². The molecule has 3 heteroatoms. The maximum absolute atomic E-state index is 6.24. The molecule has 0 fully saturated rings. The molecule has 0 spiro atoms. The number of hydrogen-bond acceptors (Lipinski definition) is 3. The monoisotopic (exact) mass is 578 g/mol. The SMILES string of the molecule is CC1(C)c2ccccc2-c2ccc(N(c3ccc(-c4ccccc4)cc3)c3ccc4ccc5oc6ccncc6c5c4c3)cc21. The summed E-state index contributed by atoms with van der Waals surface area (Å²) in [5, 5.41) is 4.45. The van der Waals surface area contributed by atoms with Gasteiger partial charge in [-0.25, -0.2) is 0 Å². The van der Waals surface area contributed by atoms with E-state index in [0.29, 0.717) is 0 Å². The van der Waals surface area contributed by atoms with Crippen LogP contribution in [0.15, 0.2) is 150 Å². The van der Waals surface area contributed by atoms with Crippen LogP contribution in [0.3, 0.4) is 0 Å². The summed E-state index contributed by atoms with van der Waals surface area (Å²) in [6, 6.07) is 48.1. The largest absolute Gasteiger partial charge is 0.456 e. The zero-order valence-electron chi connectivity index (χ0n) is 25.2. The standard InChI is InChI=1S/C42H30N2O/c1-42(2)37-11-7-6-10-33(37)34-20-19-32(25-38(34)42)44(30-16-12-28(13-17-30)27-8-4-3-5-9-27)31-18-14-29-15-21-40-41(35(29)24-31)36-26-43-23-22-39(36)45-40/h3-26H,1-2H3. The summed E-state index contributed by atoms with van der Waals surface area (Å²) < 4.78 is 6.24. The molecule has 0 amide bonds. The van der Waals surface area contributed by atoms with Gasteiger partial charge in [0.25, 0.3) is 0 Å². The highest BCUT2D eigenvalue weighted by molar-refractivity contribution is 6.19. The Hall–Kier alpha value is -5.67. The van der Waals surface area contributed by atoms with E-state index >= 15 is 0 Å². The van der Waals surface area contributed by atoms with Gasteiger partial charge in [0, 0.05) is 45.6 Å². The number of rotatable bonds is 4. The Kier molecular flexibility index (Phi) is 5.54. The van der Waals surface area contributed by atoms with Crippen LogP contribution < -0.4 is 4.90 Å². The summed E-state index contributed by atoms with van der Waals surface area (Å²) in [6.07, 6.45) is 3.69. The lowest BCUT2D eigenvalue weighted by Crippen LogP contribution is -2.16. The molecule has 1 aliphatic carbocycles. The molecule has 0 radical (unpaired) electrons. The van der Waals surface area contributed by atoms with Gasteiger partial charge in [0.2, 0.25) is 0 Å². The Bertz CT molecular complexity index is 2400. The fraction of sp³-hybridized carbons (Fsp3) is 0.0714. The lowest BCUT2D eigenvalue weighted by Gasteiger charge is -2.28. The third-order valence-corrected chi connectivity index (χ3v) is 9.55. The van der Waals surface area contributed by atoms with E-state index in [2.05, 4.69) is 151 Å². The molecule has 0 unspecified atom stereocenters. The number of hydrogen-bond donors (Lipinski definition) is 0. The molecule has 3 nitrogen and oxygen atoms in total. The van der Waals surface area contributed by atoms with Crippen molar-refractivity contribution in [2.75, 3.05) is 4.90 Å². The second-order valence-corrected chi connectivity index (χ2v) is 12.5. The molecule has 2 aromatic heterocycles. The van der Waals surface area contributed by atoms with Gasteiger partial charge < -0.3 is 9.32 Å². The Balaban J connectivity index is 1.26. The van der Waals surface area contributed by atoms with Crippen molar-refractivity contribution < 1.29 is 4.42 Å². The Morgan fingerprint density at radius 2 is 1.24 bits per heavy atom. The summed E-state index contributed by atoms with van der Waals surface area (Å²) in [4.78, 5) is 6.80. The van der Waals surface area contributed by atoms with Crippen molar-refractivity contribution in [2.24, 2.45) is 0 Å². The number of aromatic nitrogens is 1. The van der Waals surface area contributed by atoms with Crippen LogP contribution in [0.5, 0.6) is 0 Å². The number of fused-ring (bicyclic) bond motifs is 8. The second-order valence-electron chi connectivity index (χ2n) is 12.5. The minimum Gasteiger partial charge on any atom is -0.456 e. The van der Waals surface area contributed by atoms with E-state index in [-0.39, 0.29) is 5.41 Å². The van der Waals surface area contributed by atoms with Crippen LogP contribution in [0.4, 0.5) is 17.1 Å². The molecule has 0 bridgehead atoms. The van der Waals surface area contributed by atoms with Crippen LogP contribution in [0.25, 0.3) is 55.0 Å². The summed E-state index contributed by atoms with van der Waals surface area (Å²) in [6.45, 7) is 4.68. The maximum atomic E-state index is 6.24. The van der Waals surface area contributed by atoms with E-state index in [1.165, 1.54) is 38.8 Å². The fourth-order valence-corrected chi connectivity index (χ4v) is 7.28. The van der Waals surface area contributed by atoms with Crippen molar-refractivity contribution in [3.8, 4) is 22.3 Å². The number of pyridine rings is 1. The van der Waals surface area contributed by atoms with Gasteiger partial charge in [-0.1, -0.05) is 98.8 Å². The molecular weight excluding hydrogens is 548 g/mol. The molecule has 0 aliphatic heterocycles. The predicted molar refractivity (Wildman–Crippen MR) is 187 cm³/mol. The van der Waals surface area contributed by atoms with Crippen molar-refractivity contribution in [1.82, 2.24) is 4.98 Å². The zero-order valence-corrected chi connectivity index (χ0v) is 25.2. The first-order chi connectivity index (χ1) is 22.1. The summed E-state index contributed by atoms with van der Waals surface area (Å²) in [5.41, 5.74) is 12.7. The van der Waals surface area contributed by atoms with E-state index in [0.717, 1.165) is 44.4 Å². The number of nitrogens with zero attached hydrogens (tertiary/aromatic N) is 2. The molecule has 0 saturated heterocycles. The minimum atomic E-state index is -0.0942. The number of furan rings is 1. The van der Waals surface area contributed by atoms with E-state index in [9.17, 15) is 0 Å². The van der Waals surface area contributed by atoms with E-state index in [4.69, 9.17) is 4.42 Å². The maximum Gasteiger partial charge on any atom is 0.138 e. The second kappa shape index (κ2) is 9.67. The average Bonchev–Trinajstić information content (AvgIpc) is 3.58. The smallest absolute Gasteiger partial charge is 0.138 e. The Labute approximate surface area is 262 Å². The highest BCUT2D eigenvalue weighted by Gasteiger charge is 2.35. The van der Waals surface area contributed by atoms with Gasteiger partial charge in [-0.2, -0.15) is 0 Å². The topological polar surface area (TPSA) is 29.3 Å². The molecular formula is C42H30N2O. The first-order valence-electron chi connectivity index (χ1n) is 15.5. The first-order valence-corrected chi connectivity index (χ1v) is 15.5. The van der Waals surface area contributed by atoms with Crippen molar-refractivity contribution >= 4 is 49.8 Å². The van der Waals surface area contributed by atoms with Crippen LogP contribution >= 0.6 is 0 Å². The fourth-order valence-electron chi connectivity index (χ4n) is 7.28. The van der Waals surface area contributed by atoms with Gasteiger partial charge in [0.1, 0.15) is 11.2 Å². The Morgan fingerprint density at radius 1 is 0.556 bits per heavy atom. The van der Waals surface area contributed by atoms with Crippen LogP contribution in [0.1, 0.15) is 25.0 Å². The average molecular weight is 579 g/mol. The van der Waals surface area contributed by atoms with Crippen molar-refractivity contribution in [2.45, 2.75) is 19.3 Å². The number of benzene rings is 6. The van der Waals surface area contributed by atoms with E-state index in [1.54, 1.807) is 6.20 Å². The third-order valence-electron chi connectivity index (χ3n) is 9.55. The molecule has 45 heavy (non-hydrogen) atoms. The molecule has 0 atom stereocenters. The van der Waals surface area contributed by atoms with Crippen molar-refractivity contribution in [3.63, 3.8) is 0 Å². The van der Waals surface area contributed by atoms with Crippen LogP contribution in [0, 0.1) is 0 Å². The molecule has 8 aromatic rings. The summed E-state index contributed by atoms with van der Waals surface area (Å²) in [5.74, 6) is 0. The van der Waals surface area contributed by atoms with Gasteiger partial charge in [-0.05, 0) is 92.7 Å². The highest BCUT2D eigenvalue weighted by atomic mass is 16.3. The lowest BCUT2D eigenvalue weighted by atomic mass is 9.82. The molecule has 1 aliphatic rings. The summed E-state index contributed by atoms with van der Waals surface area (Å²) in [7, 11) is 0. The highest BCUT2D eigenvalue weighted by Crippen LogP contribution is 2.51. The van der Waals surface area contributed by atoms with Crippen LogP contribution in [-0.4, -0.2) is 4.98 Å². The van der Waals surface area contributed by atoms with Crippen LogP contribution in [-0.2, 0) is 5.41 Å². The van der Waals surface area contributed by atoms with Crippen LogP contribution in [0.2, 0.25) is 0 Å². The molecule has 0 N–H and O–H groups in total. The molecule has 2 heterocycles. The minimum absolute atomic E-state index is 0.0942. The van der Waals surface area contributed by atoms with E-state index in [1.807, 2.05) is 12.3 Å². The predicted octanol–water partition coefficient (Wildman–Crippen LogP) is 11.6. The van der Waals surface area contributed by atoms with Gasteiger partial charge in [0.15, 0.2) is 0 Å². The van der Waals surface area contributed by atoms with Gasteiger partial charge in [-0.15, -0.1) is 0 Å². The van der Waals surface area contributed by atoms with Gasteiger partial charge >= 0.3 is 0 Å². The van der Waals surface area contributed by atoms with Crippen molar-refractivity contribution in [3.05, 3.63) is 157 Å². The third kappa shape index (κ3) is 3.94. The molecule has 214 valence electrons. The van der Waals surface area contributed by atoms with Crippen molar-refractivity contribution in [1.29, 1.82) is 0 Å². The molecule has 9 rings (SSSR count). The molecule has 6 aromatic carbocycles. The van der Waals surface area contributed by atoms with Gasteiger partial charge in [-0.3, -0.25) is 4.98 Å². The lowest BCUT2D eigenvalue weighted by molar-refractivity contribution is 0.660. The zero-order chi connectivity index (χ0) is 30.1. The Morgan fingerprint density at radius 3 is 2.11 bits per heavy atom. The number of anilines is 3. The summed E-state index contributed by atoms with van der Waals surface area (Å²) >= 11 is 0. The van der Waals surface area contributed by atoms with E-state index < -0.39 is 0 Å².